The smallest absolute Gasteiger partial charge is 0.397 e. The van der Waals surface area contributed by atoms with Gasteiger partial charge in [-0.15, -0.1) is 0 Å². The fourth-order valence-electron chi connectivity index (χ4n) is 3.42. The van der Waals surface area contributed by atoms with Crippen molar-refractivity contribution in [3.8, 4) is 11.5 Å². The number of hydrogen-bond donors (Lipinski definition) is 2. The summed E-state index contributed by atoms with van der Waals surface area (Å²) in [6, 6.07) is 15.4. The normalized spacial score (nSPS) is 10.8. The minimum atomic E-state index is -0.952. The maximum absolute atomic E-state index is 13.2. The number of H-pyrrole nitrogens is 1. The molecule has 0 unspecified atom stereocenters. The lowest BCUT2D eigenvalue weighted by Crippen LogP contribution is -2.25. The van der Waals surface area contributed by atoms with Crippen LogP contribution < -0.4 is 10.1 Å². The summed E-state index contributed by atoms with van der Waals surface area (Å²) in [7, 11) is 0. The third-order valence-electron chi connectivity index (χ3n) is 4.98. The van der Waals surface area contributed by atoms with E-state index in [1.165, 1.54) is 12.1 Å². The standard InChI is InChI=1S/C25H19Br2FN2O4/c1-2-33-25(32)24(31)30-17-10-20(26)23(21(27)11-17)34-18-7-8-22-19(12-18)15(13-29-22)9-14-3-5-16(28)6-4-14/h3-8,10-13,29H,2,9H2,1H3,(H,30,31). The highest BCUT2D eigenvalue weighted by Gasteiger charge is 2.17. The Hall–Kier alpha value is -3.17. The lowest BCUT2D eigenvalue weighted by molar-refractivity contribution is -0.152. The highest BCUT2D eigenvalue weighted by molar-refractivity contribution is 9.11. The second kappa shape index (κ2) is 10.4. The van der Waals surface area contributed by atoms with E-state index in [1.807, 2.05) is 24.4 Å². The van der Waals surface area contributed by atoms with Gasteiger partial charge in [0.1, 0.15) is 11.6 Å². The molecule has 0 radical (unpaired) electrons. The summed E-state index contributed by atoms with van der Waals surface area (Å²) < 4.78 is 25.2. The maximum Gasteiger partial charge on any atom is 0.397 e. The molecule has 0 fully saturated rings. The molecule has 9 heteroatoms. The van der Waals surface area contributed by atoms with Crippen LogP contribution in [0.25, 0.3) is 10.9 Å². The average molecular weight is 590 g/mol. The number of anilines is 1. The van der Waals surface area contributed by atoms with Crippen LogP contribution in [0.4, 0.5) is 10.1 Å². The van der Waals surface area contributed by atoms with E-state index in [-0.39, 0.29) is 12.4 Å². The Morgan fingerprint density at radius 1 is 1.03 bits per heavy atom. The molecule has 0 aliphatic heterocycles. The van der Waals surface area contributed by atoms with Crippen LogP contribution >= 0.6 is 31.9 Å². The number of fused-ring (bicyclic) bond motifs is 1. The molecule has 1 amide bonds. The Morgan fingerprint density at radius 3 is 2.41 bits per heavy atom. The Morgan fingerprint density at radius 2 is 1.74 bits per heavy atom. The minimum absolute atomic E-state index is 0.115. The van der Waals surface area contributed by atoms with Crippen molar-refractivity contribution in [3.63, 3.8) is 0 Å². The molecule has 6 nitrogen and oxygen atoms in total. The van der Waals surface area contributed by atoms with Gasteiger partial charge in [-0.3, -0.25) is 4.79 Å². The second-order valence-corrected chi connectivity index (χ2v) is 9.08. The zero-order chi connectivity index (χ0) is 24.2. The molecule has 4 aromatic rings. The van der Waals surface area contributed by atoms with Gasteiger partial charge in [0.05, 0.1) is 15.6 Å². The van der Waals surface area contributed by atoms with Crippen LogP contribution in [0.1, 0.15) is 18.1 Å². The molecule has 0 atom stereocenters. The Kier molecular flexibility index (Phi) is 7.33. The quantitative estimate of drug-likeness (QED) is 0.193. The number of aromatic amines is 1. The number of rotatable bonds is 6. The third kappa shape index (κ3) is 5.48. The molecule has 1 heterocycles. The average Bonchev–Trinajstić information content (AvgIpc) is 3.20. The molecule has 3 aromatic carbocycles. The van der Waals surface area contributed by atoms with Crippen molar-refractivity contribution in [2.45, 2.75) is 13.3 Å². The number of benzene rings is 3. The van der Waals surface area contributed by atoms with Crippen LogP contribution in [-0.2, 0) is 20.7 Å². The first-order chi connectivity index (χ1) is 16.3. The van der Waals surface area contributed by atoms with Gasteiger partial charge in [-0.2, -0.15) is 0 Å². The summed E-state index contributed by atoms with van der Waals surface area (Å²) in [6.45, 7) is 1.74. The van der Waals surface area contributed by atoms with Gasteiger partial charge in [0.25, 0.3) is 0 Å². The molecule has 174 valence electrons. The van der Waals surface area contributed by atoms with E-state index in [0.29, 0.717) is 32.6 Å². The third-order valence-corrected chi connectivity index (χ3v) is 6.16. The van der Waals surface area contributed by atoms with Crippen molar-refractivity contribution in [2.75, 3.05) is 11.9 Å². The predicted octanol–water partition coefficient (Wildman–Crippen LogP) is 6.72. The monoisotopic (exact) mass is 588 g/mol. The summed E-state index contributed by atoms with van der Waals surface area (Å²) in [5, 5.41) is 3.49. The van der Waals surface area contributed by atoms with Crippen LogP contribution in [0.5, 0.6) is 11.5 Å². The van der Waals surface area contributed by atoms with E-state index in [2.05, 4.69) is 42.2 Å². The number of esters is 1. The van der Waals surface area contributed by atoms with Crippen molar-refractivity contribution >= 4 is 60.3 Å². The molecular weight excluding hydrogens is 571 g/mol. The van der Waals surface area contributed by atoms with Crippen molar-refractivity contribution in [3.05, 3.63) is 86.7 Å². The van der Waals surface area contributed by atoms with E-state index in [1.54, 1.807) is 31.2 Å². The zero-order valence-electron chi connectivity index (χ0n) is 18.0. The van der Waals surface area contributed by atoms with E-state index in [4.69, 9.17) is 9.47 Å². The van der Waals surface area contributed by atoms with Crippen LogP contribution in [0.3, 0.4) is 0 Å². The summed E-state index contributed by atoms with van der Waals surface area (Å²) in [4.78, 5) is 26.7. The van der Waals surface area contributed by atoms with Crippen LogP contribution in [0.15, 0.2) is 69.7 Å². The van der Waals surface area contributed by atoms with Crippen molar-refractivity contribution in [2.24, 2.45) is 0 Å². The van der Waals surface area contributed by atoms with E-state index in [9.17, 15) is 14.0 Å². The zero-order valence-corrected chi connectivity index (χ0v) is 21.1. The Balaban J connectivity index is 1.55. The van der Waals surface area contributed by atoms with Gasteiger partial charge in [-0.05, 0) is 98.8 Å². The molecule has 2 N–H and O–H groups in total. The van der Waals surface area contributed by atoms with Crippen molar-refractivity contribution in [1.29, 1.82) is 0 Å². The van der Waals surface area contributed by atoms with Crippen molar-refractivity contribution in [1.82, 2.24) is 4.98 Å². The minimum Gasteiger partial charge on any atom is -0.459 e. The molecule has 0 saturated carbocycles. The maximum atomic E-state index is 13.2. The number of amides is 1. The number of ether oxygens (including phenoxy) is 2. The van der Waals surface area contributed by atoms with E-state index < -0.39 is 11.9 Å². The van der Waals surface area contributed by atoms with Gasteiger partial charge >= 0.3 is 11.9 Å². The summed E-state index contributed by atoms with van der Waals surface area (Å²) in [5.74, 6) is -0.963. The van der Waals surface area contributed by atoms with Crippen LogP contribution in [0.2, 0.25) is 0 Å². The lowest BCUT2D eigenvalue weighted by atomic mass is 10.0. The van der Waals surface area contributed by atoms with Crippen LogP contribution in [0, 0.1) is 5.82 Å². The van der Waals surface area contributed by atoms with E-state index in [0.717, 1.165) is 22.0 Å². The SMILES string of the molecule is CCOC(=O)C(=O)Nc1cc(Br)c(Oc2ccc3[nH]cc(Cc4ccc(F)cc4)c3c2)c(Br)c1. The number of hydrogen-bond acceptors (Lipinski definition) is 4. The highest BCUT2D eigenvalue weighted by atomic mass is 79.9. The van der Waals surface area contributed by atoms with Gasteiger partial charge in [0.15, 0.2) is 5.75 Å². The molecule has 0 bridgehead atoms. The first-order valence-electron chi connectivity index (χ1n) is 10.3. The van der Waals surface area contributed by atoms with Gasteiger partial charge < -0.3 is 19.8 Å². The fraction of sp³-hybridized carbons (Fsp3) is 0.120. The molecule has 0 aliphatic carbocycles. The lowest BCUT2D eigenvalue weighted by Gasteiger charge is -2.13. The first-order valence-corrected chi connectivity index (χ1v) is 11.9. The number of nitrogens with one attached hydrogen (secondary N) is 2. The molecule has 0 spiro atoms. The molecule has 0 saturated heterocycles. The fourth-order valence-corrected chi connectivity index (χ4v) is 4.76. The topological polar surface area (TPSA) is 80.4 Å². The summed E-state index contributed by atoms with van der Waals surface area (Å²) in [6.07, 6.45) is 2.58. The summed E-state index contributed by atoms with van der Waals surface area (Å²) in [5.41, 5.74) is 3.41. The molecular formula is C25H19Br2FN2O4. The van der Waals surface area contributed by atoms with Crippen LogP contribution in [-0.4, -0.2) is 23.5 Å². The number of carbonyl (C=O) groups excluding carboxylic acids is 2. The predicted molar refractivity (Wildman–Crippen MR) is 135 cm³/mol. The van der Waals surface area contributed by atoms with Gasteiger partial charge in [-0.1, -0.05) is 12.1 Å². The molecule has 34 heavy (non-hydrogen) atoms. The summed E-state index contributed by atoms with van der Waals surface area (Å²) >= 11 is 6.92. The van der Waals surface area contributed by atoms with Gasteiger partial charge in [0, 0.05) is 22.8 Å². The Labute approximate surface area is 211 Å². The molecule has 1 aromatic heterocycles. The largest absolute Gasteiger partial charge is 0.459 e. The molecule has 4 rings (SSSR count). The second-order valence-electron chi connectivity index (χ2n) is 7.37. The number of halogens is 3. The first kappa shape index (κ1) is 24.0. The van der Waals surface area contributed by atoms with E-state index >= 15 is 0 Å². The highest BCUT2D eigenvalue weighted by Crippen LogP contribution is 2.40. The number of carbonyl (C=O) groups is 2. The van der Waals surface area contributed by atoms with Crippen molar-refractivity contribution < 1.29 is 23.5 Å². The van der Waals surface area contributed by atoms with Gasteiger partial charge in [-0.25, -0.2) is 9.18 Å². The van der Waals surface area contributed by atoms with Gasteiger partial charge in [0.2, 0.25) is 0 Å². The number of aromatic nitrogens is 1. The Bertz CT molecular complexity index is 1350. The molecule has 0 aliphatic rings.